The summed E-state index contributed by atoms with van der Waals surface area (Å²) in [7, 11) is 0. The van der Waals surface area contributed by atoms with Gasteiger partial charge >= 0.3 is 0 Å². The summed E-state index contributed by atoms with van der Waals surface area (Å²) in [6.07, 6.45) is 8.12. The Kier molecular flexibility index (Phi) is 6.26. The van der Waals surface area contributed by atoms with Crippen molar-refractivity contribution in [1.29, 1.82) is 0 Å². The molecule has 2 atom stereocenters. The van der Waals surface area contributed by atoms with Crippen molar-refractivity contribution in [3.8, 4) is 0 Å². The van der Waals surface area contributed by atoms with Gasteiger partial charge in [0.2, 0.25) is 11.8 Å². The minimum Gasteiger partial charge on any atom is -0.350 e. The van der Waals surface area contributed by atoms with E-state index in [4.69, 9.17) is 0 Å². The standard InChI is InChI=1S/C30H38N2O2/c1-21(25-9-5-3-6-10-25)31-27(33)18-29-14-23-13-24(15-29)17-30(16-23,20-29)19-28(34)32-22(2)26-11-7-4-8-12-26/h3-12,21-24H,13-20H2,1-2H3,(H,31,33)(H,32,34)/t21-,22-,23?,24?,29?,30?/m1/s1. The molecule has 2 aromatic rings. The third kappa shape index (κ3) is 4.92. The summed E-state index contributed by atoms with van der Waals surface area (Å²) in [6.45, 7) is 4.12. The first-order chi connectivity index (χ1) is 16.3. The topological polar surface area (TPSA) is 58.2 Å². The molecule has 4 saturated carbocycles. The van der Waals surface area contributed by atoms with Gasteiger partial charge in [-0.2, -0.15) is 0 Å². The molecule has 4 heteroatoms. The minimum atomic E-state index is 0.0156. The Bertz CT molecular complexity index is 925. The lowest BCUT2D eigenvalue weighted by molar-refractivity contribution is -0.146. The van der Waals surface area contributed by atoms with Gasteiger partial charge in [0.15, 0.2) is 0 Å². The van der Waals surface area contributed by atoms with Crippen molar-refractivity contribution in [3.63, 3.8) is 0 Å². The molecular formula is C30H38N2O2. The maximum Gasteiger partial charge on any atom is 0.221 e. The van der Waals surface area contributed by atoms with Crippen molar-refractivity contribution in [2.24, 2.45) is 22.7 Å². The van der Waals surface area contributed by atoms with E-state index in [1.807, 2.05) is 36.4 Å². The first-order valence-electron chi connectivity index (χ1n) is 13.0. The summed E-state index contributed by atoms with van der Waals surface area (Å²) in [5, 5.41) is 6.50. The molecule has 0 aliphatic heterocycles. The van der Waals surface area contributed by atoms with Crippen LogP contribution in [0.2, 0.25) is 0 Å². The molecule has 0 unspecified atom stereocenters. The summed E-state index contributed by atoms with van der Waals surface area (Å²) >= 11 is 0. The van der Waals surface area contributed by atoms with Gasteiger partial charge in [0.1, 0.15) is 0 Å². The second-order valence-corrected chi connectivity index (χ2v) is 11.7. The van der Waals surface area contributed by atoms with E-state index in [-0.39, 0.29) is 34.7 Å². The molecule has 2 N–H and O–H groups in total. The molecule has 0 spiro atoms. The maximum atomic E-state index is 13.1. The van der Waals surface area contributed by atoms with Gasteiger partial charge in [0.25, 0.3) is 0 Å². The van der Waals surface area contributed by atoms with Gasteiger partial charge in [-0.05, 0) is 86.2 Å². The number of carbonyl (C=O) groups is 2. The van der Waals surface area contributed by atoms with Crippen molar-refractivity contribution in [2.75, 3.05) is 0 Å². The van der Waals surface area contributed by atoms with E-state index < -0.39 is 0 Å². The highest BCUT2D eigenvalue weighted by Crippen LogP contribution is 2.67. The molecule has 4 bridgehead atoms. The highest BCUT2D eigenvalue weighted by molar-refractivity contribution is 5.78. The fourth-order valence-electron chi connectivity index (χ4n) is 7.98. The van der Waals surface area contributed by atoms with Crippen molar-refractivity contribution < 1.29 is 9.59 Å². The van der Waals surface area contributed by atoms with Crippen LogP contribution >= 0.6 is 0 Å². The molecule has 180 valence electrons. The SMILES string of the molecule is C[C@@H](NC(=O)CC12CC3CC(C1)CC(CC(=O)N[C@H](C)c1ccccc1)(C3)C2)c1ccccc1. The van der Waals surface area contributed by atoms with Gasteiger partial charge in [0.05, 0.1) is 12.1 Å². The van der Waals surface area contributed by atoms with E-state index in [2.05, 4.69) is 48.7 Å². The Balaban J connectivity index is 1.24. The molecule has 6 rings (SSSR count). The van der Waals surface area contributed by atoms with E-state index in [9.17, 15) is 9.59 Å². The van der Waals surface area contributed by atoms with Gasteiger partial charge in [-0.15, -0.1) is 0 Å². The van der Waals surface area contributed by atoms with Crippen molar-refractivity contribution in [1.82, 2.24) is 10.6 Å². The maximum absolute atomic E-state index is 13.1. The molecule has 0 heterocycles. The predicted octanol–water partition coefficient (Wildman–Crippen LogP) is 6.11. The fraction of sp³-hybridized carbons (Fsp3) is 0.533. The summed E-state index contributed by atoms with van der Waals surface area (Å²) in [5.41, 5.74) is 2.41. The molecule has 0 aromatic heterocycles. The fourth-order valence-corrected chi connectivity index (χ4v) is 7.98. The molecule has 4 fully saturated rings. The van der Waals surface area contributed by atoms with E-state index in [1.165, 1.54) is 6.42 Å². The molecule has 2 amide bonds. The van der Waals surface area contributed by atoms with Crippen molar-refractivity contribution in [2.45, 2.75) is 77.3 Å². The largest absolute Gasteiger partial charge is 0.350 e. The normalized spacial score (nSPS) is 31.0. The highest BCUT2D eigenvalue weighted by Gasteiger charge is 2.58. The monoisotopic (exact) mass is 458 g/mol. The summed E-state index contributed by atoms with van der Waals surface area (Å²) in [6, 6.07) is 20.4. The molecule has 4 aliphatic carbocycles. The van der Waals surface area contributed by atoms with Crippen LogP contribution in [-0.2, 0) is 9.59 Å². The van der Waals surface area contributed by atoms with Gasteiger partial charge < -0.3 is 10.6 Å². The number of hydrogen-bond donors (Lipinski definition) is 2. The minimum absolute atomic E-state index is 0.0156. The highest BCUT2D eigenvalue weighted by atomic mass is 16.2. The van der Waals surface area contributed by atoms with Crippen LogP contribution in [0.5, 0.6) is 0 Å². The first kappa shape index (κ1) is 23.1. The molecule has 4 aliphatic rings. The van der Waals surface area contributed by atoms with Crippen LogP contribution in [0, 0.1) is 22.7 Å². The number of carbonyl (C=O) groups excluding carboxylic acids is 2. The van der Waals surface area contributed by atoms with Crippen LogP contribution in [0.3, 0.4) is 0 Å². The van der Waals surface area contributed by atoms with Crippen LogP contribution in [-0.4, -0.2) is 11.8 Å². The number of rotatable bonds is 8. The summed E-state index contributed by atoms with van der Waals surface area (Å²) in [4.78, 5) is 26.3. The summed E-state index contributed by atoms with van der Waals surface area (Å²) < 4.78 is 0. The third-order valence-electron chi connectivity index (χ3n) is 8.73. The summed E-state index contributed by atoms with van der Waals surface area (Å²) in [5.74, 6) is 1.66. The van der Waals surface area contributed by atoms with Crippen LogP contribution in [0.4, 0.5) is 0 Å². The van der Waals surface area contributed by atoms with Gasteiger partial charge in [0, 0.05) is 12.8 Å². The first-order valence-corrected chi connectivity index (χ1v) is 13.0. The average Bonchev–Trinajstić information content (AvgIpc) is 2.78. The lowest BCUT2D eigenvalue weighted by Gasteiger charge is -2.62. The lowest BCUT2D eigenvalue weighted by Crippen LogP contribution is -2.54. The second-order valence-electron chi connectivity index (χ2n) is 11.7. The van der Waals surface area contributed by atoms with Crippen LogP contribution < -0.4 is 10.6 Å². The number of nitrogens with one attached hydrogen (secondary N) is 2. The van der Waals surface area contributed by atoms with E-state index in [0.29, 0.717) is 24.7 Å². The number of amides is 2. The van der Waals surface area contributed by atoms with E-state index in [0.717, 1.165) is 43.2 Å². The zero-order valence-corrected chi connectivity index (χ0v) is 20.6. The average molecular weight is 459 g/mol. The molecule has 2 aromatic carbocycles. The van der Waals surface area contributed by atoms with Crippen LogP contribution in [0.1, 0.15) is 88.4 Å². The molecular weight excluding hydrogens is 420 g/mol. The van der Waals surface area contributed by atoms with Gasteiger partial charge in [-0.1, -0.05) is 60.7 Å². The van der Waals surface area contributed by atoms with Crippen LogP contribution in [0.15, 0.2) is 60.7 Å². The Morgan fingerprint density at radius 3 is 1.50 bits per heavy atom. The third-order valence-corrected chi connectivity index (χ3v) is 8.73. The van der Waals surface area contributed by atoms with E-state index >= 15 is 0 Å². The zero-order chi connectivity index (χ0) is 23.8. The molecule has 4 nitrogen and oxygen atoms in total. The Hall–Kier alpha value is -2.62. The Labute approximate surface area is 203 Å². The second kappa shape index (κ2) is 9.20. The predicted molar refractivity (Wildman–Crippen MR) is 135 cm³/mol. The quantitative estimate of drug-likeness (QED) is 0.501. The van der Waals surface area contributed by atoms with E-state index in [1.54, 1.807) is 0 Å². The van der Waals surface area contributed by atoms with Crippen LogP contribution in [0.25, 0.3) is 0 Å². The van der Waals surface area contributed by atoms with Crippen molar-refractivity contribution in [3.05, 3.63) is 71.8 Å². The van der Waals surface area contributed by atoms with Crippen molar-refractivity contribution >= 4 is 11.8 Å². The molecule has 0 radical (unpaired) electrons. The Morgan fingerprint density at radius 1 is 0.735 bits per heavy atom. The number of hydrogen-bond acceptors (Lipinski definition) is 2. The number of benzene rings is 2. The zero-order valence-electron chi connectivity index (χ0n) is 20.6. The molecule has 0 saturated heterocycles. The van der Waals surface area contributed by atoms with Gasteiger partial charge in [-0.25, -0.2) is 0 Å². The van der Waals surface area contributed by atoms with Gasteiger partial charge in [-0.3, -0.25) is 9.59 Å². The lowest BCUT2D eigenvalue weighted by atomic mass is 9.43. The smallest absolute Gasteiger partial charge is 0.221 e. The molecule has 34 heavy (non-hydrogen) atoms. The Morgan fingerprint density at radius 2 is 1.12 bits per heavy atom.